The highest BCUT2D eigenvalue weighted by Gasteiger charge is 2.43. The Hall–Kier alpha value is -1.67. The topological polar surface area (TPSA) is 30.0 Å². The molecule has 0 radical (unpaired) electrons. The fourth-order valence-corrected chi connectivity index (χ4v) is 3.69. The molecule has 1 heterocycles. The van der Waals surface area contributed by atoms with Crippen LogP contribution in [-0.2, 0) is 11.8 Å². The van der Waals surface area contributed by atoms with Crippen molar-refractivity contribution in [3.63, 3.8) is 0 Å². The number of rotatable bonds is 3. The number of halogens is 1. The second-order valence-corrected chi connectivity index (χ2v) is 6.55. The minimum atomic E-state index is -0.427. The molecule has 0 spiro atoms. The molecule has 2 nitrogen and oxygen atoms in total. The van der Waals surface area contributed by atoms with Gasteiger partial charge < -0.3 is 0 Å². The monoisotopic (exact) mass is 313 g/mol. The van der Waals surface area contributed by atoms with E-state index >= 15 is 0 Å². The molecule has 0 fully saturated rings. The zero-order valence-electron chi connectivity index (χ0n) is 13.0. The summed E-state index contributed by atoms with van der Waals surface area (Å²) in [5.74, 6) is 0.213. The smallest absolute Gasteiger partial charge is 0.175 e. The summed E-state index contributed by atoms with van der Waals surface area (Å²) in [6, 6.07) is 11.6. The standard InChI is InChI=1S/C19H20ClNO/c1-3-11-19(14-5-7-15(20)8-6-14)12-10-17-16(18(19)22)9-4-13(2)21-17/h4-9H,3,10-12H2,1-2H3. The predicted octanol–water partition coefficient (Wildman–Crippen LogP) is 4.91. The summed E-state index contributed by atoms with van der Waals surface area (Å²) in [5, 5.41) is 0.705. The summed E-state index contributed by atoms with van der Waals surface area (Å²) < 4.78 is 0. The van der Waals surface area contributed by atoms with Gasteiger partial charge in [0, 0.05) is 16.3 Å². The molecule has 0 saturated carbocycles. The number of hydrogen-bond acceptors (Lipinski definition) is 2. The maximum absolute atomic E-state index is 13.3. The third-order valence-electron chi connectivity index (χ3n) is 4.65. The number of ketones is 1. The molecule has 1 unspecified atom stereocenters. The van der Waals surface area contributed by atoms with E-state index in [0.29, 0.717) is 5.02 Å². The Bertz CT molecular complexity index is 708. The Morgan fingerprint density at radius 2 is 1.91 bits per heavy atom. The maximum Gasteiger partial charge on any atom is 0.175 e. The first kappa shape index (κ1) is 15.2. The highest BCUT2D eigenvalue weighted by atomic mass is 35.5. The summed E-state index contributed by atoms with van der Waals surface area (Å²) in [7, 11) is 0. The third kappa shape index (κ3) is 2.46. The van der Waals surface area contributed by atoms with Gasteiger partial charge in [0.05, 0.1) is 11.1 Å². The highest BCUT2D eigenvalue weighted by molar-refractivity contribution is 6.30. The van der Waals surface area contributed by atoms with E-state index in [2.05, 4.69) is 11.9 Å². The van der Waals surface area contributed by atoms with Crippen LogP contribution in [0.4, 0.5) is 0 Å². The van der Waals surface area contributed by atoms with E-state index in [4.69, 9.17) is 11.6 Å². The normalized spacial score (nSPS) is 20.8. The van der Waals surface area contributed by atoms with Gasteiger partial charge in [-0.2, -0.15) is 0 Å². The van der Waals surface area contributed by atoms with Gasteiger partial charge in [0.2, 0.25) is 0 Å². The van der Waals surface area contributed by atoms with Gasteiger partial charge in [-0.05, 0) is 56.0 Å². The molecule has 1 aliphatic carbocycles. The molecule has 1 atom stereocenters. The average Bonchev–Trinajstić information content (AvgIpc) is 2.51. The van der Waals surface area contributed by atoms with Crippen LogP contribution in [0.3, 0.4) is 0 Å². The van der Waals surface area contributed by atoms with Gasteiger partial charge in [-0.25, -0.2) is 0 Å². The number of benzene rings is 1. The molecule has 1 aliphatic rings. The number of hydrogen-bond donors (Lipinski definition) is 0. The van der Waals surface area contributed by atoms with Crippen LogP contribution >= 0.6 is 11.6 Å². The molecule has 2 aromatic rings. The van der Waals surface area contributed by atoms with E-state index in [-0.39, 0.29) is 5.78 Å². The Labute approximate surface area is 136 Å². The van der Waals surface area contributed by atoms with Crippen molar-refractivity contribution in [2.24, 2.45) is 0 Å². The molecule has 0 saturated heterocycles. The number of aromatic nitrogens is 1. The van der Waals surface area contributed by atoms with Crippen LogP contribution in [0, 0.1) is 6.92 Å². The van der Waals surface area contributed by atoms with E-state index in [1.54, 1.807) is 0 Å². The van der Waals surface area contributed by atoms with Gasteiger partial charge in [-0.3, -0.25) is 9.78 Å². The maximum atomic E-state index is 13.3. The van der Waals surface area contributed by atoms with Crippen molar-refractivity contribution in [2.45, 2.75) is 44.9 Å². The molecule has 0 amide bonds. The molecular formula is C19H20ClNO. The number of carbonyl (C=O) groups is 1. The summed E-state index contributed by atoms with van der Waals surface area (Å²) in [4.78, 5) is 17.8. The fourth-order valence-electron chi connectivity index (χ4n) is 3.56. The second kappa shape index (κ2) is 5.85. The van der Waals surface area contributed by atoms with Crippen molar-refractivity contribution in [1.29, 1.82) is 0 Å². The number of pyridine rings is 1. The number of Topliss-reactive ketones (excluding diaryl/α,β-unsaturated/α-hetero) is 1. The van der Waals surface area contributed by atoms with Gasteiger partial charge in [-0.15, -0.1) is 0 Å². The van der Waals surface area contributed by atoms with Crippen molar-refractivity contribution in [2.75, 3.05) is 0 Å². The van der Waals surface area contributed by atoms with Crippen LogP contribution in [0.2, 0.25) is 5.02 Å². The van der Waals surface area contributed by atoms with E-state index in [0.717, 1.165) is 48.2 Å². The summed E-state index contributed by atoms with van der Waals surface area (Å²) >= 11 is 6.01. The van der Waals surface area contributed by atoms with E-state index in [1.807, 2.05) is 43.3 Å². The minimum absolute atomic E-state index is 0.213. The lowest BCUT2D eigenvalue weighted by Crippen LogP contribution is -2.40. The molecule has 0 bridgehead atoms. The quantitative estimate of drug-likeness (QED) is 0.805. The first-order valence-corrected chi connectivity index (χ1v) is 8.22. The predicted molar refractivity (Wildman–Crippen MR) is 89.7 cm³/mol. The first-order valence-electron chi connectivity index (χ1n) is 7.84. The molecular weight excluding hydrogens is 294 g/mol. The number of fused-ring (bicyclic) bond motifs is 1. The first-order chi connectivity index (χ1) is 10.6. The zero-order chi connectivity index (χ0) is 15.7. The SMILES string of the molecule is CCCC1(c2ccc(Cl)cc2)CCc2nc(C)ccc2C1=O. The Morgan fingerprint density at radius 1 is 1.18 bits per heavy atom. The lowest BCUT2D eigenvalue weighted by Gasteiger charge is -2.37. The molecule has 22 heavy (non-hydrogen) atoms. The lowest BCUT2D eigenvalue weighted by molar-refractivity contribution is 0.0847. The summed E-state index contributed by atoms with van der Waals surface area (Å²) in [5.41, 5.74) is 3.37. The fraction of sp³-hybridized carbons (Fsp3) is 0.368. The van der Waals surface area contributed by atoms with Crippen molar-refractivity contribution in [1.82, 2.24) is 4.98 Å². The van der Waals surface area contributed by atoms with Crippen molar-refractivity contribution in [3.05, 3.63) is 63.9 Å². The largest absolute Gasteiger partial charge is 0.293 e. The molecule has 1 aromatic carbocycles. The molecule has 0 aliphatic heterocycles. The van der Waals surface area contributed by atoms with Crippen LogP contribution in [-0.4, -0.2) is 10.8 Å². The van der Waals surface area contributed by atoms with Gasteiger partial charge in [0.15, 0.2) is 5.78 Å². The van der Waals surface area contributed by atoms with Crippen LogP contribution in [0.1, 0.15) is 53.5 Å². The lowest BCUT2D eigenvalue weighted by atomic mass is 9.65. The van der Waals surface area contributed by atoms with E-state index < -0.39 is 5.41 Å². The second-order valence-electron chi connectivity index (χ2n) is 6.12. The number of aryl methyl sites for hydroxylation is 2. The molecule has 3 heteroatoms. The van der Waals surface area contributed by atoms with Crippen LogP contribution in [0.25, 0.3) is 0 Å². The minimum Gasteiger partial charge on any atom is -0.293 e. The highest BCUT2D eigenvalue weighted by Crippen LogP contribution is 2.41. The number of carbonyl (C=O) groups excluding carboxylic acids is 1. The van der Waals surface area contributed by atoms with E-state index in [9.17, 15) is 4.79 Å². The van der Waals surface area contributed by atoms with Gasteiger partial charge >= 0.3 is 0 Å². The molecule has 3 rings (SSSR count). The van der Waals surface area contributed by atoms with Crippen molar-refractivity contribution in [3.8, 4) is 0 Å². The Balaban J connectivity index is 2.10. The Kier molecular flexibility index (Phi) is 4.05. The zero-order valence-corrected chi connectivity index (χ0v) is 13.8. The van der Waals surface area contributed by atoms with Gasteiger partial charge in [-0.1, -0.05) is 37.1 Å². The van der Waals surface area contributed by atoms with Crippen molar-refractivity contribution < 1.29 is 4.79 Å². The van der Waals surface area contributed by atoms with E-state index in [1.165, 1.54) is 0 Å². The Morgan fingerprint density at radius 3 is 2.59 bits per heavy atom. The molecule has 114 valence electrons. The van der Waals surface area contributed by atoms with Gasteiger partial charge in [0.1, 0.15) is 0 Å². The molecule has 1 aromatic heterocycles. The number of nitrogens with zero attached hydrogens (tertiary/aromatic N) is 1. The summed E-state index contributed by atoms with van der Waals surface area (Å²) in [6.45, 7) is 4.10. The van der Waals surface area contributed by atoms with Crippen LogP contribution in [0.15, 0.2) is 36.4 Å². The third-order valence-corrected chi connectivity index (χ3v) is 4.91. The van der Waals surface area contributed by atoms with Gasteiger partial charge in [0.25, 0.3) is 0 Å². The van der Waals surface area contributed by atoms with Crippen molar-refractivity contribution >= 4 is 17.4 Å². The van der Waals surface area contributed by atoms with Crippen LogP contribution in [0.5, 0.6) is 0 Å². The van der Waals surface area contributed by atoms with Crippen LogP contribution < -0.4 is 0 Å². The molecule has 0 N–H and O–H groups in total. The average molecular weight is 314 g/mol. The summed E-state index contributed by atoms with van der Waals surface area (Å²) in [6.07, 6.45) is 3.51.